The summed E-state index contributed by atoms with van der Waals surface area (Å²) in [7, 11) is 0. The summed E-state index contributed by atoms with van der Waals surface area (Å²) in [5.41, 5.74) is 4.01. The molecule has 1 atom stereocenters. The molecular weight excluding hydrogens is 302 g/mol. The van der Waals surface area contributed by atoms with Crippen LogP contribution in [0.2, 0.25) is 0 Å². The van der Waals surface area contributed by atoms with Crippen LogP contribution in [0.15, 0.2) is 36.5 Å². The number of hydrogen-bond acceptors (Lipinski definition) is 3. The minimum Gasteiger partial charge on any atom is -0.311 e. The molecule has 3 rings (SSSR count). The summed E-state index contributed by atoms with van der Waals surface area (Å²) in [4.78, 5) is 30.8. The van der Waals surface area contributed by atoms with Crippen LogP contribution in [0, 0.1) is 26.7 Å². The second kappa shape index (κ2) is 6.43. The minimum absolute atomic E-state index is 0.0124. The molecule has 24 heavy (non-hydrogen) atoms. The van der Waals surface area contributed by atoms with Crippen LogP contribution >= 0.6 is 0 Å². The fourth-order valence-corrected chi connectivity index (χ4v) is 2.98. The first-order chi connectivity index (χ1) is 11.5. The van der Waals surface area contributed by atoms with Gasteiger partial charge in [-0.3, -0.25) is 9.59 Å². The lowest BCUT2D eigenvalue weighted by molar-refractivity contribution is -0.122. The number of hydrogen-bond donors (Lipinski definition) is 1. The molecule has 124 valence electrons. The molecular formula is C19H21N3O2. The van der Waals surface area contributed by atoms with Gasteiger partial charge in [0.15, 0.2) is 0 Å². The molecule has 0 aliphatic carbocycles. The third kappa shape index (κ3) is 3.02. The van der Waals surface area contributed by atoms with Gasteiger partial charge < -0.3 is 10.2 Å². The van der Waals surface area contributed by atoms with Crippen molar-refractivity contribution in [3.8, 4) is 0 Å². The predicted molar refractivity (Wildman–Crippen MR) is 94.0 cm³/mol. The molecule has 1 aliphatic heterocycles. The molecule has 1 aliphatic rings. The first-order valence-electron chi connectivity index (χ1n) is 8.06. The van der Waals surface area contributed by atoms with Crippen LogP contribution in [0.4, 0.5) is 11.5 Å². The lowest BCUT2D eigenvalue weighted by Crippen LogP contribution is -2.29. The van der Waals surface area contributed by atoms with Crippen molar-refractivity contribution >= 4 is 23.3 Å². The average Bonchev–Trinajstić information content (AvgIpc) is 2.94. The summed E-state index contributed by atoms with van der Waals surface area (Å²) in [6.45, 7) is 6.32. The molecule has 1 unspecified atom stereocenters. The summed E-state index contributed by atoms with van der Waals surface area (Å²) in [6, 6.07) is 9.61. The van der Waals surface area contributed by atoms with E-state index in [1.165, 1.54) is 0 Å². The van der Waals surface area contributed by atoms with Gasteiger partial charge in [-0.1, -0.05) is 18.2 Å². The van der Waals surface area contributed by atoms with Gasteiger partial charge in [-0.15, -0.1) is 0 Å². The molecule has 5 heteroatoms. The molecule has 1 N–H and O–H groups in total. The number of carbonyl (C=O) groups excluding carboxylic acids is 2. The second-order valence-electron chi connectivity index (χ2n) is 6.28. The SMILES string of the molecule is Cc1cccnc1NC(=O)C1CC(=O)N(c2cccc(C)c2C)C1. The van der Waals surface area contributed by atoms with Gasteiger partial charge in [-0.25, -0.2) is 4.98 Å². The van der Waals surface area contributed by atoms with E-state index in [1.807, 2.05) is 51.1 Å². The fourth-order valence-electron chi connectivity index (χ4n) is 2.98. The monoisotopic (exact) mass is 323 g/mol. The highest BCUT2D eigenvalue weighted by Gasteiger charge is 2.36. The van der Waals surface area contributed by atoms with Crippen LogP contribution in [0.25, 0.3) is 0 Å². The smallest absolute Gasteiger partial charge is 0.230 e. The number of pyridine rings is 1. The van der Waals surface area contributed by atoms with Gasteiger partial charge in [0, 0.05) is 24.8 Å². The zero-order valence-corrected chi connectivity index (χ0v) is 14.2. The number of nitrogens with zero attached hydrogens (tertiary/aromatic N) is 2. The zero-order valence-electron chi connectivity index (χ0n) is 14.2. The summed E-state index contributed by atoms with van der Waals surface area (Å²) in [5.74, 6) is 0.0264. The molecule has 1 saturated heterocycles. The molecule has 2 heterocycles. The number of carbonyl (C=O) groups is 2. The lowest BCUT2D eigenvalue weighted by Gasteiger charge is -2.20. The Labute approximate surface area is 141 Å². The van der Waals surface area contributed by atoms with E-state index in [1.54, 1.807) is 11.1 Å². The highest BCUT2D eigenvalue weighted by atomic mass is 16.2. The molecule has 1 aromatic heterocycles. The standard InChI is InChI=1S/C19H21N3O2/c1-12-6-4-8-16(14(12)3)22-11-15(10-17(22)23)19(24)21-18-13(2)7-5-9-20-18/h4-9,15H,10-11H2,1-3H3,(H,20,21,24). The van der Waals surface area contributed by atoms with Gasteiger partial charge in [0.05, 0.1) is 5.92 Å². The molecule has 0 radical (unpaired) electrons. The van der Waals surface area contributed by atoms with E-state index in [9.17, 15) is 9.59 Å². The van der Waals surface area contributed by atoms with E-state index < -0.39 is 0 Å². The molecule has 2 amide bonds. The summed E-state index contributed by atoms with van der Waals surface area (Å²) >= 11 is 0. The molecule has 1 aromatic carbocycles. The van der Waals surface area contributed by atoms with E-state index in [2.05, 4.69) is 10.3 Å². The Balaban J connectivity index is 1.76. The molecule has 2 aromatic rings. The van der Waals surface area contributed by atoms with Gasteiger partial charge in [0.1, 0.15) is 5.82 Å². The maximum atomic E-state index is 12.5. The number of amides is 2. The third-order valence-electron chi connectivity index (χ3n) is 4.61. The minimum atomic E-state index is -0.362. The van der Waals surface area contributed by atoms with Gasteiger partial charge in [-0.2, -0.15) is 0 Å². The van der Waals surface area contributed by atoms with Crippen LogP contribution in [0.3, 0.4) is 0 Å². The van der Waals surface area contributed by atoms with Crippen molar-refractivity contribution in [2.45, 2.75) is 27.2 Å². The molecule has 5 nitrogen and oxygen atoms in total. The van der Waals surface area contributed by atoms with Crippen LogP contribution in [-0.2, 0) is 9.59 Å². The van der Waals surface area contributed by atoms with Crippen LogP contribution < -0.4 is 10.2 Å². The quantitative estimate of drug-likeness (QED) is 0.944. The number of rotatable bonds is 3. The van der Waals surface area contributed by atoms with E-state index in [-0.39, 0.29) is 24.2 Å². The van der Waals surface area contributed by atoms with E-state index in [0.717, 1.165) is 22.4 Å². The normalized spacial score (nSPS) is 17.2. The number of benzene rings is 1. The average molecular weight is 323 g/mol. The van der Waals surface area contributed by atoms with E-state index in [4.69, 9.17) is 0 Å². The highest BCUT2D eigenvalue weighted by Crippen LogP contribution is 2.30. The number of aryl methyl sites for hydroxylation is 2. The Morgan fingerprint density at radius 3 is 2.67 bits per heavy atom. The van der Waals surface area contributed by atoms with Crippen molar-refractivity contribution in [2.24, 2.45) is 5.92 Å². The van der Waals surface area contributed by atoms with Gasteiger partial charge >= 0.3 is 0 Å². The second-order valence-corrected chi connectivity index (χ2v) is 6.28. The van der Waals surface area contributed by atoms with Crippen LogP contribution in [-0.4, -0.2) is 23.3 Å². The Hall–Kier alpha value is -2.69. The predicted octanol–water partition coefficient (Wildman–Crippen LogP) is 3.00. The molecule has 0 spiro atoms. The van der Waals surface area contributed by atoms with Crippen molar-refractivity contribution in [3.63, 3.8) is 0 Å². The van der Waals surface area contributed by atoms with Crippen molar-refractivity contribution in [1.29, 1.82) is 0 Å². The first-order valence-corrected chi connectivity index (χ1v) is 8.06. The van der Waals surface area contributed by atoms with Gasteiger partial charge in [-0.05, 0) is 49.6 Å². The Bertz CT molecular complexity index is 801. The summed E-state index contributed by atoms with van der Waals surface area (Å²) in [6.07, 6.45) is 1.87. The van der Waals surface area contributed by atoms with Gasteiger partial charge in [0.25, 0.3) is 0 Å². The Kier molecular flexibility index (Phi) is 4.34. The first kappa shape index (κ1) is 16.2. The Morgan fingerprint density at radius 1 is 1.17 bits per heavy atom. The fraction of sp³-hybridized carbons (Fsp3) is 0.316. The molecule has 0 bridgehead atoms. The van der Waals surface area contributed by atoms with E-state index in [0.29, 0.717) is 12.4 Å². The topological polar surface area (TPSA) is 62.3 Å². The number of anilines is 2. The third-order valence-corrected chi connectivity index (χ3v) is 4.61. The summed E-state index contributed by atoms with van der Waals surface area (Å²) in [5, 5.41) is 2.84. The summed E-state index contributed by atoms with van der Waals surface area (Å²) < 4.78 is 0. The Morgan fingerprint density at radius 2 is 1.92 bits per heavy atom. The maximum Gasteiger partial charge on any atom is 0.230 e. The van der Waals surface area contributed by atoms with Crippen molar-refractivity contribution in [2.75, 3.05) is 16.8 Å². The van der Waals surface area contributed by atoms with Crippen LogP contribution in [0.5, 0.6) is 0 Å². The molecule has 0 saturated carbocycles. The van der Waals surface area contributed by atoms with Crippen molar-refractivity contribution in [1.82, 2.24) is 4.98 Å². The van der Waals surface area contributed by atoms with Crippen molar-refractivity contribution < 1.29 is 9.59 Å². The molecule has 1 fully saturated rings. The number of aromatic nitrogens is 1. The van der Waals surface area contributed by atoms with Gasteiger partial charge in [0.2, 0.25) is 11.8 Å². The van der Waals surface area contributed by atoms with E-state index >= 15 is 0 Å². The zero-order chi connectivity index (χ0) is 17.3. The largest absolute Gasteiger partial charge is 0.311 e. The highest BCUT2D eigenvalue weighted by molar-refractivity contribution is 6.03. The van der Waals surface area contributed by atoms with Crippen molar-refractivity contribution in [3.05, 3.63) is 53.2 Å². The maximum absolute atomic E-state index is 12.5. The number of nitrogens with one attached hydrogen (secondary N) is 1. The van der Waals surface area contributed by atoms with Crippen LogP contribution in [0.1, 0.15) is 23.1 Å². The lowest BCUT2D eigenvalue weighted by atomic mass is 10.1.